The number of benzene rings is 1. The van der Waals surface area contributed by atoms with Crippen LogP contribution in [-0.4, -0.2) is 12.2 Å². The van der Waals surface area contributed by atoms with Crippen molar-refractivity contribution in [3.05, 3.63) is 22.8 Å². The molecule has 0 aromatic heterocycles. The van der Waals surface area contributed by atoms with E-state index in [9.17, 15) is 9.59 Å². The Balaban J connectivity index is 3.97. The van der Waals surface area contributed by atoms with Gasteiger partial charge in [-0.25, -0.2) is 9.59 Å². The maximum Gasteiger partial charge on any atom is 0.240 e. The van der Waals surface area contributed by atoms with Crippen molar-refractivity contribution >= 4 is 23.5 Å². The van der Waals surface area contributed by atoms with Gasteiger partial charge in [0, 0.05) is 5.56 Å². The molecule has 1 aromatic carbocycles. The largest absolute Gasteiger partial charge is 0.240 e. The van der Waals surface area contributed by atoms with Crippen LogP contribution in [0.25, 0.3) is 0 Å². The van der Waals surface area contributed by atoms with Crippen molar-refractivity contribution < 1.29 is 9.59 Å². The third-order valence-electron chi connectivity index (χ3n) is 3.44. The number of hydrogen-bond donors (Lipinski definition) is 0. The topological polar surface area (TPSA) is 58.9 Å². The predicted molar refractivity (Wildman–Crippen MR) is 84.1 cm³/mol. The van der Waals surface area contributed by atoms with E-state index in [2.05, 4.69) is 51.5 Å². The molecule has 4 heteroatoms. The predicted octanol–water partition coefficient (Wildman–Crippen LogP) is 4.52. The molecular formula is C17H22N2O2. The minimum absolute atomic E-state index is 0.191. The zero-order chi connectivity index (χ0) is 16.4. The van der Waals surface area contributed by atoms with E-state index in [4.69, 9.17) is 0 Å². The summed E-state index contributed by atoms with van der Waals surface area (Å²) in [6.07, 6.45) is 3.20. The van der Waals surface area contributed by atoms with Gasteiger partial charge in [0.1, 0.15) is 0 Å². The highest BCUT2D eigenvalue weighted by atomic mass is 16.1. The molecule has 112 valence electrons. The minimum Gasteiger partial charge on any atom is -0.211 e. The van der Waals surface area contributed by atoms with Crippen molar-refractivity contribution in [2.75, 3.05) is 0 Å². The first-order valence-electron chi connectivity index (χ1n) is 6.88. The molecule has 4 nitrogen and oxygen atoms in total. The van der Waals surface area contributed by atoms with Gasteiger partial charge in [-0.3, -0.25) is 0 Å². The molecule has 1 rings (SSSR count). The SMILES string of the molecule is Cc1c(N=C=O)c(C(C)(C)C)cc(C(C)(C)C)c1N=C=O. The molecule has 0 N–H and O–H groups in total. The van der Waals surface area contributed by atoms with Crippen LogP contribution in [0, 0.1) is 6.92 Å². The molecule has 0 aliphatic carbocycles. The van der Waals surface area contributed by atoms with Gasteiger partial charge in [0.25, 0.3) is 0 Å². The van der Waals surface area contributed by atoms with Gasteiger partial charge >= 0.3 is 0 Å². The van der Waals surface area contributed by atoms with Crippen LogP contribution in [-0.2, 0) is 20.4 Å². The highest BCUT2D eigenvalue weighted by molar-refractivity contribution is 5.73. The van der Waals surface area contributed by atoms with E-state index in [1.165, 1.54) is 0 Å². The van der Waals surface area contributed by atoms with Crippen LogP contribution in [0.3, 0.4) is 0 Å². The van der Waals surface area contributed by atoms with E-state index in [0.717, 1.165) is 11.1 Å². The Morgan fingerprint density at radius 2 is 1.14 bits per heavy atom. The summed E-state index contributed by atoms with van der Waals surface area (Å²) in [4.78, 5) is 29.2. The Bertz CT molecular complexity index is 595. The number of hydrogen-bond acceptors (Lipinski definition) is 4. The standard InChI is InChI=1S/C17H22N2O2/c1-11-14(18-9-20)12(16(2,3)4)8-13(17(5,6)7)15(11)19-10-21/h8H,1-7H3. The Kier molecular flexibility index (Phi) is 4.68. The summed E-state index contributed by atoms with van der Waals surface area (Å²) < 4.78 is 0. The molecule has 0 fully saturated rings. The van der Waals surface area contributed by atoms with Gasteiger partial charge < -0.3 is 0 Å². The van der Waals surface area contributed by atoms with Crippen LogP contribution in [0.5, 0.6) is 0 Å². The van der Waals surface area contributed by atoms with Crippen LogP contribution >= 0.6 is 0 Å². The molecule has 0 unspecified atom stereocenters. The maximum atomic E-state index is 10.8. The summed E-state index contributed by atoms with van der Waals surface area (Å²) in [5, 5.41) is 0. The Morgan fingerprint density at radius 1 is 0.810 bits per heavy atom. The summed E-state index contributed by atoms with van der Waals surface area (Å²) >= 11 is 0. The molecule has 0 radical (unpaired) electrons. The van der Waals surface area contributed by atoms with Crippen LogP contribution < -0.4 is 0 Å². The lowest BCUT2D eigenvalue weighted by molar-refractivity contribution is 0.561. The molecule has 0 heterocycles. The van der Waals surface area contributed by atoms with Gasteiger partial charge in [-0.2, -0.15) is 9.98 Å². The molecule has 0 saturated carbocycles. The summed E-state index contributed by atoms with van der Waals surface area (Å²) in [6, 6.07) is 1.99. The van der Waals surface area contributed by atoms with E-state index in [1.807, 2.05) is 13.0 Å². The Hall–Kier alpha value is -2.02. The Morgan fingerprint density at radius 3 is 1.38 bits per heavy atom. The molecular weight excluding hydrogens is 264 g/mol. The summed E-state index contributed by atoms with van der Waals surface area (Å²) in [7, 11) is 0. The number of carbonyl (C=O) groups excluding carboxylic acids is 2. The third-order valence-corrected chi connectivity index (χ3v) is 3.44. The van der Waals surface area contributed by atoms with Gasteiger partial charge in [-0.15, -0.1) is 0 Å². The molecule has 0 atom stereocenters. The second kappa shape index (κ2) is 5.77. The fraction of sp³-hybridized carbons (Fsp3) is 0.529. The minimum atomic E-state index is -0.191. The number of aliphatic imine (C=N–C) groups is 2. The first-order valence-corrected chi connectivity index (χ1v) is 6.88. The lowest BCUT2D eigenvalue weighted by Crippen LogP contribution is -2.17. The zero-order valence-corrected chi connectivity index (χ0v) is 13.8. The average molecular weight is 286 g/mol. The highest BCUT2D eigenvalue weighted by Gasteiger charge is 2.27. The highest BCUT2D eigenvalue weighted by Crippen LogP contribution is 2.44. The summed E-state index contributed by atoms with van der Waals surface area (Å²) in [5.74, 6) is 0. The third kappa shape index (κ3) is 3.55. The molecule has 0 spiro atoms. The van der Waals surface area contributed by atoms with Crippen molar-refractivity contribution in [1.82, 2.24) is 0 Å². The first kappa shape index (κ1) is 17.0. The molecule has 0 aliphatic rings. The van der Waals surface area contributed by atoms with Gasteiger partial charge in [0.05, 0.1) is 11.4 Å². The van der Waals surface area contributed by atoms with Gasteiger partial charge in [0.15, 0.2) is 0 Å². The normalized spacial score (nSPS) is 11.6. The van der Waals surface area contributed by atoms with E-state index < -0.39 is 0 Å². The van der Waals surface area contributed by atoms with E-state index in [-0.39, 0.29) is 10.8 Å². The molecule has 0 amide bonds. The van der Waals surface area contributed by atoms with Crippen molar-refractivity contribution in [1.29, 1.82) is 0 Å². The van der Waals surface area contributed by atoms with Crippen LogP contribution in [0.1, 0.15) is 58.2 Å². The monoisotopic (exact) mass is 286 g/mol. The van der Waals surface area contributed by atoms with E-state index in [0.29, 0.717) is 16.9 Å². The fourth-order valence-electron chi connectivity index (χ4n) is 2.32. The zero-order valence-electron chi connectivity index (χ0n) is 13.8. The van der Waals surface area contributed by atoms with Crippen LogP contribution in [0.2, 0.25) is 0 Å². The molecule has 21 heavy (non-hydrogen) atoms. The number of rotatable bonds is 2. The summed E-state index contributed by atoms with van der Waals surface area (Å²) in [5.41, 5.74) is 3.29. The quantitative estimate of drug-likeness (QED) is 0.592. The van der Waals surface area contributed by atoms with Crippen molar-refractivity contribution in [3.63, 3.8) is 0 Å². The molecule has 1 aromatic rings. The van der Waals surface area contributed by atoms with Gasteiger partial charge in [0.2, 0.25) is 12.2 Å². The maximum absolute atomic E-state index is 10.8. The lowest BCUT2D eigenvalue weighted by Gasteiger charge is -2.28. The first-order chi connectivity index (χ1) is 9.54. The van der Waals surface area contributed by atoms with E-state index in [1.54, 1.807) is 12.2 Å². The molecule has 0 saturated heterocycles. The Labute approximate surface area is 126 Å². The van der Waals surface area contributed by atoms with Crippen molar-refractivity contribution in [2.24, 2.45) is 9.98 Å². The smallest absolute Gasteiger partial charge is 0.211 e. The number of nitrogens with zero attached hydrogens (tertiary/aromatic N) is 2. The lowest BCUT2D eigenvalue weighted by atomic mass is 9.77. The van der Waals surface area contributed by atoms with Crippen molar-refractivity contribution in [2.45, 2.75) is 59.3 Å². The van der Waals surface area contributed by atoms with Gasteiger partial charge in [-0.05, 0) is 28.9 Å². The second-order valence-electron chi connectivity index (χ2n) is 7.20. The van der Waals surface area contributed by atoms with E-state index >= 15 is 0 Å². The molecule has 0 aliphatic heterocycles. The summed E-state index contributed by atoms with van der Waals surface area (Å²) in [6.45, 7) is 14.2. The average Bonchev–Trinajstić information content (AvgIpc) is 2.31. The van der Waals surface area contributed by atoms with Crippen molar-refractivity contribution in [3.8, 4) is 0 Å². The van der Waals surface area contributed by atoms with Crippen LogP contribution in [0.15, 0.2) is 16.1 Å². The molecule has 0 bridgehead atoms. The number of isocyanates is 2. The second-order valence-corrected chi connectivity index (χ2v) is 7.20. The van der Waals surface area contributed by atoms with Crippen LogP contribution in [0.4, 0.5) is 11.4 Å². The fourth-order valence-corrected chi connectivity index (χ4v) is 2.32. The van der Waals surface area contributed by atoms with Gasteiger partial charge in [-0.1, -0.05) is 47.6 Å².